The van der Waals surface area contributed by atoms with Gasteiger partial charge in [-0.1, -0.05) is 11.6 Å². The van der Waals surface area contributed by atoms with E-state index in [1.165, 1.54) is 6.20 Å². The molecule has 0 spiro atoms. The monoisotopic (exact) mass is 309 g/mol. The zero-order valence-corrected chi connectivity index (χ0v) is 11.5. The highest BCUT2D eigenvalue weighted by Crippen LogP contribution is 2.22. The van der Waals surface area contributed by atoms with Crippen LogP contribution in [0.5, 0.6) is 0 Å². The van der Waals surface area contributed by atoms with Gasteiger partial charge in [0.05, 0.1) is 22.2 Å². The summed E-state index contributed by atoms with van der Waals surface area (Å²) in [5.41, 5.74) is 0.246. The van der Waals surface area contributed by atoms with Crippen LogP contribution in [0.15, 0.2) is 30.5 Å². The number of nitro benzene ring substituents is 1. The maximum absolute atomic E-state index is 13.7. The second-order valence-electron chi connectivity index (χ2n) is 4.23. The smallest absolute Gasteiger partial charge is 0.272 e. The molecule has 8 heteroatoms. The van der Waals surface area contributed by atoms with Gasteiger partial charge in [-0.15, -0.1) is 0 Å². The Hall–Kier alpha value is -2.54. The summed E-state index contributed by atoms with van der Waals surface area (Å²) in [5, 5.41) is 13.0. The van der Waals surface area contributed by atoms with Gasteiger partial charge in [-0.2, -0.15) is 0 Å². The highest BCUT2D eigenvalue weighted by molar-refractivity contribution is 6.32. The van der Waals surface area contributed by atoms with Crippen LogP contribution in [0.25, 0.3) is 0 Å². The topological polar surface area (TPSA) is 85.1 Å². The summed E-state index contributed by atoms with van der Waals surface area (Å²) in [4.78, 5) is 25.6. The van der Waals surface area contributed by atoms with E-state index in [0.717, 1.165) is 17.7 Å². The SMILES string of the molecule is Cc1cnc(Cl)c(NC(=O)c2ccc([N+](=O)[O-])cc2F)c1. The molecule has 0 saturated carbocycles. The largest absolute Gasteiger partial charge is 0.319 e. The van der Waals surface area contributed by atoms with Crippen molar-refractivity contribution < 1.29 is 14.1 Å². The number of carbonyl (C=O) groups is 1. The summed E-state index contributed by atoms with van der Waals surface area (Å²) < 4.78 is 13.7. The first-order valence-corrected chi connectivity index (χ1v) is 6.13. The highest BCUT2D eigenvalue weighted by atomic mass is 35.5. The van der Waals surface area contributed by atoms with Crippen LogP contribution in [0.2, 0.25) is 5.15 Å². The number of nitro groups is 1. The Labute approximate surface area is 123 Å². The molecular formula is C13H9ClFN3O3. The minimum atomic E-state index is -0.988. The number of amides is 1. The van der Waals surface area contributed by atoms with Crippen LogP contribution in [0.3, 0.4) is 0 Å². The van der Waals surface area contributed by atoms with Gasteiger partial charge in [0, 0.05) is 12.3 Å². The molecule has 108 valence electrons. The molecule has 0 bridgehead atoms. The van der Waals surface area contributed by atoms with Gasteiger partial charge in [-0.05, 0) is 24.6 Å². The van der Waals surface area contributed by atoms with Gasteiger partial charge in [0.2, 0.25) is 0 Å². The molecule has 1 aromatic carbocycles. The first kappa shape index (κ1) is 14.9. The van der Waals surface area contributed by atoms with E-state index in [-0.39, 0.29) is 16.4 Å². The average Bonchev–Trinajstić information content (AvgIpc) is 2.42. The van der Waals surface area contributed by atoms with Crippen molar-refractivity contribution in [3.8, 4) is 0 Å². The van der Waals surface area contributed by atoms with Crippen LogP contribution in [0, 0.1) is 22.9 Å². The minimum absolute atomic E-state index is 0.0660. The molecule has 0 aliphatic heterocycles. The summed E-state index contributed by atoms with van der Waals surface area (Å²) in [6.07, 6.45) is 1.52. The van der Waals surface area contributed by atoms with E-state index in [4.69, 9.17) is 11.6 Å². The van der Waals surface area contributed by atoms with Gasteiger partial charge in [-0.25, -0.2) is 9.37 Å². The van der Waals surface area contributed by atoms with Crippen molar-refractivity contribution in [1.29, 1.82) is 0 Å². The molecule has 0 fully saturated rings. The Morgan fingerprint density at radius 2 is 2.14 bits per heavy atom. The first-order chi connectivity index (χ1) is 9.88. The predicted molar refractivity (Wildman–Crippen MR) is 75.0 cm³/mol. The molecule has 0 atom stereocenters. The molecule has 2 rings (SSSR count). The third-order valence-electron chi connectivity index (χ3n) is 2.63. The summed E-state index contributed by atoms with van der Waals surface area (Å²) in [5.74, 6) is -1.75. The second kappa shape index (κ2) is 5.84. The molecule has 0 aliphatic carbocycles. The molecule has 0 aliphatic rings. The van der Waals surface area contributed by atoms with Crippen LogP contribution >= 0.6 is 11.6 Å². The van der Waals surface area contributed by atoms with Crippen molar-refractivity contribution in [2.24, 2.45) is 0 Å². The number of aromatic nitrogens is 1. The Bertz CT molecular complexity index is 737. The van der Waals surface area contributed by atoms with Crippen LogP contribution in [0.4, 0.5) is 15.8 Å². The number of hydrogen-bond donors (Lipinski definition) is 1. The molecule has 1 N–H and O–H groups in total. The predicted octanol–water partition coefficient (Wildman–Crippen LogP) is 3.34. The number of pyridine rings is 1. The summed E-state index contributed by atoms with van der Waals surface area (Å²) in [6, 6.07) is 4.36. The van der Waals surface area contributed by atoms with Gasteiger partial charge in [-0.3, -0.25) is 14.9 Å². The molecule has 1 aromatic heterocycles. The molecule has 21 heavy (non-hydrogen) atoms. The van der Waals surface area contributed by atoms with E-state index in [1.54, 1.807) is 13.0 Å². The lowest BCUT2D eigenvalue weighted by Gasteiger charge is -2.08. The lowest BCUT2D eigenvalue weighted by atomic mass is 10.1. The number of rotatable bonds is 3. The Kier molecular flexibility index (Phi) is 4.13. The van der Waals surface area contributed by atoms with E-state index in [1.807, 2.05) is 0 Å². The zero-order chi connectivity index (χ0) is 15.6. The van der Waals surface area contributed by atoms with Crippen molar-refractivity contribution in [3.63, 3.8) is 0 Å². The van der Waals surface area contributed by atoms with Crippen molar-refractivity contribution in [2.45, 2.75) is 6.92 Å². The average molecular weight is 310 g/mol. The van der Waals surface area contributed by atoms with Crippen molar-refractivity contribution >= 4 is 28.9 Å². The van der Waals surface area contributed by atoms with Crippen LogP contribution in [-0.2, 0) is 0 Å². The maximum atomic E-state index is 13.7. The van der Waals surface area contributed by atoms with E-state index < -0.39 is 22.3 Å². The number of non-ortho nitro benzene ring substituents is 1. The van der Waals surface area contributed by atoms with Crippen molar-refractivity contribution in [3.05, 3.63) is 62.7 Å². The first-order valence-electron chi connectivity index (χ1n) is 5.76. The fraction of sp³-hybridized carbons (Fsp3) is 0.0769. The quantitative estimate of drug-likeness (QED) is 0.535. The number of nitrogens with zero attached hydrogens (tertiary/aromatic N) is 2. The number of carbonyl (C=O) groups excluding carboxylic acids is 1. The van der Waals surface area contributed by atoms with Crippen molar-refractivity contribution in [1.82, 2.24) is 4.98 Å². The third-order valence-corrected chi connectivity index (χ3v) is 2.93. The number of halogens is 2. The minimum Gasteiger partial charge on any atom is -0.319 e. The standard InChI is InChI=1S/C13H9ClFN3O3/c1-7-4-11(12(14)16-6-7)17-13(19)9-3-2-8(18(20)21)5-10(9)15/h2-6H,1H3,(H,17,19). The lowest BCUT2D eigenvalue weighted by molar-refractivity contribution is -0.385. The Morgan fingerprint density at radius 3 is 2.76 bits per heavy atom. The number of aryl methyl sites for hydroxylation is 1. The van der Waals surface area contributed by atoms with Crippen LogP contribution in [-0.4, -0.2) is 15.8 Å². The van der Waals surface area contributed by atoms with Crippen LogP contribution in [0.1, 0.15) is 15.9 Å². The molecule has 1 heterocycles. The van der Waals surface area contributed by atoms with Gasteiger partial charge in [0.25, 0.3) is 11.6 Å². The molecule has 2 aromatic rings. The van der Waals surface area contributed by atoms with E-state index in [0.29, 0.717) is 6.07 Å². The Morgan fingerprint density at radius 1 is 1.43 bits per heavy atom. The maximum Gasteiger partial charge on any atom is 0.272 e. The molecule has 0 radical (unpaired) electrons. The molecule has 6 nitrogen and oxygen atoms in total. The summed E-state index contributed by atoms with van der Waals surface area (Å²) in [7, 11) is 0. The van der Waals surface area contributed by atoms with Crippen LogP contribution < -0.4 is 5.32 Å². The van der Waals surface area contributed by atoms with E-state index >= 15 is 0 Å². The van der Waals surface area contributed by atoms with Gasteiger partial charge in [0.15, 0.2) is 5.15 Å². The Balaban J connectivity index is 2.28. The zero-order valence-electron chi connectivity index (χ0n) is 10.8. The summed E-state index contributed by atoms with van der Waals surface area (Å²) in [6.45, 7) is 1.76. The molecule has 0 saturated heterocycles. The van der Waals surface area contributed by atoms with Gasteiger partial charge >= 0.3 is 0 Å². The fourth-order valence-corrected chi connectivity index (χ4v) is 1.78. The third kappa shape index (κ3) is 3.32. The van der Waals surface area contributed by atoms with E-state index in [2.05, 4.69) is 10.3 Å². The molecular weight excluding hydrogens is 301 g/mol. The van der Waals surface area contributed by atoms with Gasteiger partial charge < -0.3 is 5.32 Å². The molecule has 1 amide bonds. The lowest BCUT2D eigenvalue weighted by Crippen LogP contribution is -2.14. The number of nitrogens with one attached hydrogen (secondary N) is 1. The number of benzene rings is 1. The van der Waals surface area contributed by atoms with Gasteiger partial charge in [0.1, 0.15) is 5.82 Å². The number of hydrogen-bond acceptors (Lipinski definition) is 4. The second-order valence-corrected chi connectivity index (χ2v) is 4.58. The summed E-state index contributed by atoms with van der Waals surface area (Å²) >= 11 is 5.83. The normalized spacial score (nSPS) is 10.2. The van der Waals surface area contributed by atoms with E-state index in [9.17, 15) is 19.3 Å². The fourth-order valence-electron chi connectivity index (χ4n) is 1.63. The highest BCUT2D eigenvalue weighted by Gasteiger charge is 2.17. The van der Waals surface area contributed by atoms with Crippen molar-refractivity contribution in [2.75, 3.05) is 5.32 Å². The molecule has 0 unspecified atom stereocenters. The number of anilines is 1.